The first-order valence-corrected chi connectivity index (χ1v) is 6.28. The summed E-state index contributed by atoms with van der Waals surface area (Å²) >= 11 is 5.75. The molecule has 1 atom stereocenters. The molecule has 0 aliphatic carbocycles. The zero-order valence-electron chi connectivity index (χ0n) is 10.2. The van der Waals surface area contributed by atoms with Crippen LogP contribution in [0.25, 0.3) is 0 Å². The first-order valence-electron chi connectivity index (χ1n) is 5.75. The van der Waals surface area contributed by atoms with Crippen LogP contribution >= 0.6 is 11.6 Å². The zero-order valence-corrected chi connectivity index (χ0v) is 10.9. The summed E-state index contributed by atoms with van der Waals surface area (Å²) in [6, 6.07) is 0. The van der Waals surface area contributed by atoms with Gasteiger partial charge < -0.3 is 4.74 Å². The molecule has 17 heavy (non-hydrogen) atoms. The molecule has 0 radical (unpaired) electrons. The van der Waals surface area contributed by atoms with Crippen molar-refractivity contribution in [2.24, 2.45) is 0 Å². The molecule has 1 fully saturated rings. The number of ether oxygens (including phenoxy) is 1. The fourth-order valence-electron chi connectivity index (χ4n) is 2.17. The first kappa shape index (κ1) is 15.1. The van der Waals surface area contributed by atoms with Gasteiger partial charge in [0.15, 0.2) is 0 Å². The second-order valence-corrected chi connectivity index (χ2v) is 5.42. The highest BCUT2D eigenvalue weighted by molar-refractivity contribution is 6.18. The van der Waals surface area contributed by atoms with Gasteiger partial charge in [0.1, 0.15) is 0 Å². The van der Waals surface area contributed by atoms with E-state index in [0.717, 1.165) is 0 Å². The molecule has 1 aliphatic heterocycles. The van der Waals surface area contributed by atoms with E-state index < -0.39 is 12.6 Å². The summed E-state index contributed by atoms with van der Waals surface area (Å²) < 4.78 is 41.8. The Balaban J connectivity index is 2.37. The molecule has 1 saturated heterocycles. The van der Waals surface area contributed by atoms with Crippen LogP contribution in [0.15, 0.2) is 0 Å². The van der Waals surface area contributed by atoms with Gasteiger partial charge in [-0.2, -0.15) is 13.2 Å². The van der Waals surface area contributed by atoms with Crippen LogP contribution in [0.5, 0.6) is 0 Å². The standard InChI is InChI=1S/C11H19ClF3NO/c1-10(2)8-16(7-9(6-12)17-10)5-3-4-11(13,14)15/h9H,3-8H2,1-2H3. The summed E-state index contributed by atoms with van der Waals surface area (Å²) in [5.41, 5.74) is -0.337. The van der Waals surface area contributed by atoms with Crippen LogP contribution in [0.1, 0.15) is 26.7 Å². The van der Waals surface area contributed by atoms with Gasteiger partial charge in [-0.05, 0) is 26.8 Å². The lowest BCUT2D eigenvalue weighted by atomic mass is 10.1. The van der Waals surface area contributed by atoms with Crippen LogP contribution in [-0.4, -0.2) is 48.3 Å². The predicted octanol–water partition coefficient (Wildman–Crippen LogP) is 3.05. The van der Waals surface area contributed by atoms with Crippen molar-refractivity contribution in [3.05, 3.63) is 0 Å². The van der Waals surface area contributed by atoms with E-state index in [9.17, 15) is 13.2 Å². The number of rotatable bonds is 4. The van der Waals surface area contributed by atoms with Crippen molar-refractivity contribution in [2.45, 2.75) is 44.6 Å². The molecule has 0 spiro atoms. The Morgan fingerprint density at radius 2 is 2.06 bits per heavy atom. The van der Waals surface area contributed by atoms with E-state index >= 15 is 0 Å². The summed E-state index contributed by atoms with van der Waals surface area (Å²) in [7, 11) is 0. The monoisotopic (exact) mass is 273 g/mol. The third-order valence-electron chi connectivity index (χ3n) is 2.66. The Kier molecular flexibility index (Phi) is 5.10. The van der Waals surface area contributed by atoms with Crippen molar-refractivity contribution in [3.63, 3.8) is 0 Å². The Bertz CT molecular complexity index is 245. The number of hydrogen-bond acceptors (Lipinski definition) is 2. The van der Waals surface area contributed by atoms with E-state index in [1.807, 2.05) is 18.7 Å². The third kappa shape index (κ3) is 5.93. The number of alkyl halides is 4. The summed E-state index contributed by atoms with van der Waals surface area (Å²) in [6.07, 6.45) is -4.75. The maximum Gasteiger partial charge on any atom is 0.389 e. The van der Waals surface area contributed by atoms with E-state index in [1.165, 1.54) is 0 Å². The van der Waals surface area contributed by atoms with Crippen LogP contribution in [0, 0.1) is 0 Å². The van der Waals surface area contributed by atoms with Gasteiger partial charge in [0.25, 0.3) is 0 Å². The van der Waals surface area contributed by atoms with Crippen LogP contribution in [-0.2, 0) is 4.74 Å². The largest absolute Gasteiger partial charge is 0.389 e. The smallest absolute Gasteiger partial charge is 0.368 e. The number of halogens is 4. The van der Waals surface area contributed by atoms with Gasteiger partial charge in [-0.3, -0.25) is 4.90 Å². The van der Waals surface area contributed by atoms with Gasteiger partial charge in [0.2, 0.25) is 0 Å². The second kappa shape index (κ2) is 5.76. The minimum absolute atomic E-state index is 0.0914. The zero-order chi connectivity index (χ0) is 13.1. The second-order valence-electron chi connectivity index (χ2n) is 5.11. The summed E-state index contributed by atoms with van der Waals surface area (Å²) in [5.74, 6) is 0.374. The first-order chi connectivity index (χ1) is 7.72. The fourth-order valence-corrected chi connectivity index (χ4v) is 2.33. The van der Waals surface area contributed by atoms with E-state index in [-0.39, 0.29) is 18.1 Å². The minimum Gasteiger partial charge on any atom is -0.368 e. The molecule has 1 heterocycles. The quantitative estimate of drug-likeness (QED) is 0.730. The summed E-state index contributed by atoms with van der Waals surface area (Å²) in [6.45, 7) is 5.58. The topological polar surface area (TPSA) is 12.5 Å². The van der Waals surface area contributed by atoms with Gasteiger partial charge in [0.05, 0.1) is 11.7 Å². The van der Waals surface area contributed by atoms with Crippen LogP contribution in [0.4, 0.5) is 13.2 Å². The fraction of sp³-hybridized carbons (Fsp3) is 1.00. The highest BCUT2D eigenvalue weighted by Crippen LogP contribution is 2.24. The van der Waals surface area contributed by atoms with Crippen molar-refractivity contribution >= 4 is 11.6 Å². The van der Waals surface area contributed by atoms with Crippen molar-refractivity contribution < 1.29 is 17.9 Å². The molecule has 0 bridgehead atoms. The van der Waals surface area contributed by atoms with E-state index in [4.69, 9.17) is 16.3 Å². The Labute approximate surface area is 105 Å². The summed E-state index contributed by atoms with van der Waals surface area (Å²) in [4.78, 5) is 2.00. The highest BCUT2D eigenvalue weighted by Gasteiger charge is 2.33. The molecular weight excluding hydrogens is 255 g/mol. The SMILES string of the molecule is CC1(C)CN(CCCC(F)(F)F)CC(CCl)O1. The molecule has 0 amide bonds. The van der Waals surface area contributed by atoms with Gasteiger partial charge in [0, 0.05) is 25.4 Å². The van der Waals surface area contributed by atoms with Crippen LogP contribution in [0.2, 0.25) is 0 Å². The number of nitrogens with zero attached hydrogens (tertiary/aromatic N) is 1. The Morgan fingerprint density at radius 3 is 2.59 bits per heavy atom. The number of hydrogen-bond donors (Lipinski definition) is 0. The van der Waals surface area contributed by atoms with Crippen LogP contribution < -0.4 is 0 Å². The molecule has 1 unspecified atom stereocenters. The third-order valence-corrected chi connectivity index (χ3v) is 3.00. The lowest BCUT2D eigenvalue weighted by Gasteiger charge is -2.42. The average molecular weight is 274 g/mol. The average Bonchev–Trinajstić information content (AvgIpc) is 2.13. The van der Waals surface area contributed by atoms with E-state index in [2.05, 4.69) is 0 Å². The van der Waals surface area contributed by atoms with Gasteiger partial charge in [-0.15, -0.1) is 11.6 Å². The normalized spacial score (nSPS) is 26.1. The molecule has 102 valence electrons. The molecule has 2 nitrogen and oxygen atoms in total. The van der Waals surface area contributed by atoms with Crippen molar-refractivity contribution in [2.75, 3.05) is 25.5 Å². The molecule has 0 saturated carbocycles. The van der Waals surface area contributed by atoms with Crippen molar-refractivity contribution in [3.8, 4) is 0 Å². The lowest BCUT2D eigenvalue weighted by Crippen LogP contribution is -2.53. The Morgan fingerprint density at radius 1 is 1.41 bits per heavy atom. The van der Waals surface area contributed by atoms with Gasteiger partial charge >= 0.3 is 6.18 Å². The molecule has 0 aromatic rings. The number of morpholine rings is 1. The Hall–Kier alpha value is -0.0000000000000000208. The lowest BCUT2D eigenvalue weighted by molar-refractivity contribution is -0.143. The van der Waals surface area contributed by atoms with E-state index in [0.29, 0.717) is 25.5 Å². The molecule has 6 heteroatoms. The van der Waals surface area contributed by atoms with Crippen molar-refractivity contribution in [1.82, 2.24) is 4.90 Å². The minimum atomic E-state index is -4.06. The van der Waals surface area contributed by atoms with Gasteiger partial charge in [-0.1, -0.05) is 0 Å². The summed E-state index contributed by atoms with van der Waals surface area (Å²) in [5, 5.41) is 0. The highest BCUT2D eigenvalue weighted by atomic mass is 35.5. The molecule has 1 aliphatic rings. The van der Waals surface area contributed by atoms with E-state index in [1.54, 1.807) is 0 Å². The van der Waals surface area contributed by atoms with Crippen molar-refractivity contribution in [1.29, 1.82) is 0 Å². The molecule has 0 aromatic heterocycles. The maximum absolute atomic E-state index is 12.0. The molecule has 1 rings (SSSR count). The molecule has 0 aromatic carbocycles. The maximum atomic E-state index is 12.0. The van der Waals surface area contributed by atoms with Crippen LogP contribution in [0.3, 0.4) is 0 Å². The predicted molar refractivity (Wildman–Crippen MR) is 61.4 cm³/mol. The molecule has 0 N–H and O–H groups in total. The molecular formula is C11H19ClF3NO. The van der Waals surface area contributed by atoms with Gasteiger partial charge in [-0.25, -0.2) is 0 Å².